The average molecular weight is 850 g/mol. The van der Waals surface area contributed by atoms with E-state index in [1.54, 1.807) is 67.5 Å². The maximum absolute atomic E-state index is 14.5. The smallest absolute Gasteiger partial charge is 0.311 e. The molecule has 3 aliphatic heterocycles. The normalized spacial score (nSPS) is 44.9. The van der Waals surface area contributed by atoms with Gasteiger partial charge in [0, 0.05) is 44.5 Å². The number of hydrogen-bond donors (Lipinski definition) is 3. The van der Waals surface area contributed by atoms with Gasteiger partial charge in [-0.25, -0.2) is 0 Å². The number of methoxy groups -OCH3 is 1. The van der Waals surface area contributed by atoms with Crippen LogP contribution in [0.4, 0.5) is 0 Å². The first-order chi connectivity index (χ1) is 27.2. The maximum atomic E-state index is 14.5. The fourth-order valence-electron chi connectivity index (χ4n) is 9.36. The van der Waals surface area contributed by atoms with Crippen LogP contribution >= 0.6 is 0 Å². The van der Waals surface area contributed by atoms with Crippen LogP contribution in [0.15, 0.2) is 0 Å². The second kappa shape index (κ2) is 20.7. The van der Waals surface area contributed by atoms with Gasteiger partial charge in [0.1, 0.15) is 23.9 Å². The number of cyclic esters (lactones) is 1. The Morgan fingerprint density at radius 3 is 2.17 bits per heavy atom. The predicted octanol–water partition coefficient (Wildman–Crippen LogP) is 3.08. The summed E-state index contributed by atoms with van der Waals surface area (Å²) in [4.78, 5) is 48.2. The second-order valence-electron chi connectivity index (χ2n) is 18.3. The van der Waals surface area contributed by atoms with Crippen molar-refractivity contribution in [2.45, 2.75) is 199 Å². The van der Waals surface area contributed by atoms with E-state index in [4.69, 9.17) is 38.0 Å². The van der Waals surface area contributed by atoms with Crippen LogP contribution in [-0.4, -0.2) is 167 Å². The number of carbonyl (C=O) groups excluding carboxylic acids is 2. The summed E-state index contributed by atoms with van der Waals surface area (Å²) in [6, 6.07) is -1.09. The van der Waals surface area contributed by atoms with Gasteiger partial charge in [0.2, 0.25) is 0 Å². The SMILES string of the molecule is CCC(=O)O[C@@H]1[C@@H](C)N(C)C[C@H](C)C[C@@](C)(O)[C@H](O[C@@H]2O[C@H](C)C[C@H](N(C)C)[C@H]2O[N+](=O)[O-])[C@@H](C)[C@H](O[C@H]2C[C@@](C)(OC)[C@@H](O)[C@H](C)O2)[C@@H](C)C(=O)O[C@H](CC)[C@@]1(C)O. The van der Waals surface area contributed by atoms with Crippen molar-refractivity contribution in [3.63, 3.8) is 0 Å². The van der Waals surface area contributed by atoms with Crippen molar-refractivity contribution in [2.75, 3.05) is 34.8 Å². The molecule has 0 aromatic carbocycles. The van der Waals surface area contributed by atoms with E-state index in [0.29, 0.717) is 13.0 Å². The van der Waals surface area contributed by atoms with Gasteiger partial charge in [0.15, 0.2) is 18.7 Å². The molecule has 3 N–H and O–H groups in total. The Morgan fingerprint density at radius 2 is 1.63 bits per heavy atom. The zero-order valence-corrected chi connectivity index (χ0v) is 38.0. The quantitative estimate of drug-likeness (QED) is 0.155. The number of hydrogen-bond acceptors (Lipinski definition) is 17. The lowest BCUT2D eigenvalue weighted by atomic mass is 9.77. The minimum absolute atomic E-state index is 0.0571. The van der Waals surface area contributed by atoms with E-state index in [1.165, 1.54) is 14.0 Å². The Kier molecular flexibility index (Phi) is 18.0. The monoisotopic (exact) mass is 850 g/mol. The summed E-state index contributed by atoms with van der Waals surface area (Å²) in [5.41, 5.74) is -4.66. The third-order valence-corrected chi connectivity index (χ3v) is 12.9. The number of esters is 2. The molecule has 0 saturated carbocycles. The lowest BCUT2D eigenvalue weighted by Gasteiger charge is -2.49. The van der Waals surface area contributed by atoms with Crippen molar-refractivity contribution in [2.24, 2.45) is 17.8 Å². The second-order valence-corrected chi connectivity index (χ2v) is 18.3. The maximum Gasteiger partial charge on any atom is 0.311 e. The van der Waals surface area contributed by atoms with Crippen molar-refractivity contribution in [1.29, 1.82) is 0 Å². The van der Waals surface area contributed by atoms with E-state index in [-0.39, 0.29) is 31.6 Å². The Balaban J connectivity index is 2.27. The molecule has 18 nitrogen and oxygen atoms in total. The van der Waals surface area contributed by atoms with E-state index in [9.17, 15) is 35.0 Å². The zero-order valence-electron chi connectivity index (χ0n) is 38.0. The summed E-state index contributed by atoms with van der Waals surface area (Å²) in [6.45, 7) is 19.2. The van der Waals surface area contributed by atoms with Gasteiger partial charge in [0.25, 0.3) is 5.09 Å². The standard InChI is InChI=1S/C41H75N3O15/c1-16-29-41(11,49)36(56-30(45)17-2)26(7)43(14)21-22(3)19-39(9,48)35(58-38-33(59-44(50)51)28(42(12)13)18-23(4)53-38)24(5)32(25(6)37(47)55-29)57-31-20-40(10,52-15)34(46)27(8)54-31/h22-29,31-36,38,46,48-49H,16-21H2,1-15H3/t22-,23-,24+,25-,26-,27+,28+,29-,31+,32+,33-,34+,35-,36-,38+,39-,40-,41-/m1/s1. The highest BCUT2D eigenvalue weighted by Gasteiger charge is 2.54. The summed E-state index contributed by atoms with van der Waals surface area (Å²) in [7, 11) is 6.85. The molecule has 344 valence electrons. The van der Waals surface area contributed by atoms with E-state index < -0.39 is 119 Å². The molecule has 0 amide bonds. The highest BCUT2D eigenvalue weighted by Crippen LogP contribution is 2.40. The summed E-state index contributed by atoms with van der Waals surface area (Å²) in [6.07, 6.45) is -9.60. The number of rotatable bonds is 11. The van der Waals surface area contributed by atoms with Crippen LogP contribution in [0, 0.1) is 27.9 Å². The van der Waals surface area contributed by atoms with Crippen LogP contribution in [0.2, 0.25) is 0 Å². The zero-order chi connectivity index (χ0) is 44.9. The molecule has 18 atom stereocenters. The Bertz CT molecular complexity index is 1390. The van der Waals surface area contributed by atoms with E-state index in [1.807, 2.05) is 32.7 Å². The van der Waals surface area contributed by atoms with Gasteiger partial charge in [-0.05, 0) is 94.8 Å². The van der Waals surface area contributed by atoms with Crippen LogP contribution in [0.3, 0.4) is 0 Å². The first-order valence-electron chi connectivity index (χ1n) is 21.1. The lowest BCUT2D eigenvalue weighted by molar-refractivity contribution is -0.775. The van der Waals surface area contributed by atoms with Gasteiger partial charge < -0.3 is 58.2 Å². The number of likely N-dealkylation sites (N-methyl/N-ethyl adjacent to an activating group) is 2. The Hall–Kier alpha value is -2.26. The molecule has 3 aliphatic rings. The molecule has 59 heavy (non-hydrogen) atoms. The van der Waals surface area contributed by atoms with Gasteiger partial charge in [0.05, 0.1) is 41.5 Å². The van der Waals surface area contributed by atoms with E-state index in [0.717, 1.165) is 0 Å². The molecule has 3 saturated heterocycles. The molecule has 0 aromatic rings. The number of nitrogens with zero attached hydrogens (tertiary/aromatic N) is 3. The topological polar surface area (TPSA) is 218 Å². The third-order valence-electron chi connectivity index (χ3n) is 12.9. The predicted molar refractivity (Wildman–Crippen MR) is 214 cm³/mol. The van der Waals surface area contributed by atoms with Crippen LogP contribution in [-0.2, 0) is 47.6 Å². The molecule has 3 heterocycles. The van der Waals surface area contributed by atoms with Crippen LogP contribution < -0.4 is 0 Å². The molecule has 0 spiro atoms. The lowest BCUT2D eigenvalue weighted by Crippen LogP contribution is -2.61. The van der Waals surface area contributed by atoms with Crippen molar-refractivity contribution in [1.82, 2.24) is 9.80 Å². The highest BCUT2D eigenvalue weighted by atomic mass is 17.0. The van der Waals surface area contributed by atoms with Crippen molar-refractivity contribution >= 4 is 11.9 Å². The van der Waals surface area contributed by atoms with Crippen molar-refractivity contribution < 1.29 is 68.0 Å². The first-order valence-corrected chi connectivity index (χ1v) is 21.1. The Labute approximate surface area is 350 Å². The molecule has 0 unspecified atom stereocenters. The fraction of sp³-hybridized carbons (Fsp3) is 0.951. The largest absolute Gasteiger partial charge is 0.459 e. The minimum atomic E-state index is -1.85. The molecular formula is C41H75N3O15. The van der Waals surface area contributed by atoms with Crippen LogP contribution in [0.5, 0.6) is 0 Å². The Morgan fingerprint density at radius 1 is 1.00 bits per heavy atom. The van der Waals surface area contributed by atoms with Crippen LogP contribution in [0.1, 0.15) is 108 Å². The molecule has 0 aliphatic carbocycles. The molecular weight excluding hydrogens is 774 g/mol. The van der Waals surface area contributed by atoms with Gasteiger partial charge in [-0.3, -0.25) is 14.5 Å². The molecule has 0 bridgehead atoms. The summed E-state index contributed by atoms with van der Waals surface area (Å²) < 4.78 is 43.8. The van der Waals surface area contributed by atoms with E-state index >= 15 is 0 Å². The molecule has 0 radical (unpaired) electrons. The average Bonchev–Trinajstić information content (AvgIpc) is 3.14. The number of ether oxygens (including phenoxy) is 7. The van der Waals surface area contributed by atoms with Crippen molar-refractivity contribution in [3.05, 3.63) is 10.1 Å². The fourth-order valence-corrected chi connectivity index (χ4v) is 9.36. The van der Waals surface area contributed by atoms with Gasteiger partial charge in [-0.15, -0.1) is 10.1 Å². The summed E-state index contributed by atoms with van der Waals surface area (Å²) in [5.74, 6) is -3.58. The number of aliphatic hydroxyl groups is 3. The summed E-state index contributed by atoms with van der Waals surface area (Å²) in [5, 5.41) is 47.0. The minimum Gasteiger partial charge on any atom is -0.459 e. The van der Waals surface area contributed by atoms with Crippen molar-refractivity contribution in [3.8, 4) is 0 Å². The van der Waals surface area contributed by atoms with E-state index in [2.05, 4.69) is 0 Å². The van der Waals surface area contributed by atoms with Gasteiger partial charge >= 0.3 is 11.9 Å². The van der Waals surface area contributed by atoms with Gasteiger partial charge in [-0.2, -0.15) is 0 Å². The third kappa shape index (κ3) is 12.2. The number of aliphatic hydroxyl groups excluding tert-OH is 1. The first kappa shape index (κ1) is 51.1. The summed E-state index contributed by atoms with van der Waals surface area (Å²) >= 11 is 0. The molecule has 3 rings (SSSR count). The van der Waals surface area contributed by atoms with Gasteiger partial charge in [-0.1, -0.05) is 27.7 Å². The molecule has 3 fully saturated rings. The highest BCUT2D eigenvalue weighted by molar-refractivity contribution is 5.73. The molecule has 18 heteroatoms. The van der Waals surface area contributed by atoms with Crippen LogP contribution in [0.25, 0.3) is 0 Å². The number of carbonyl (C=O) groups is 2. The molecule has 0 aromatic heterocycles.